The molecule has 38 heavy (non-hydrogen) atoms. The van der Waals surface area contributed by atoms with Crippen LogP contribution in [0.5, 0.6) is 5.75 Å². The predicted molar refractivity (Wildman–Crippen MR) is 144 cm³/mol. The molecule has 3 rings (SSSR count). The lowest BCUT2D eigenvalue weighted by molar-refractivity contribution is -0.186. The molecule has 0 spiro atoms. The molecular formula is C28H45ClF3NO5. The van der Waals surface area contributed by atoms with E-state index in [0.717, 1.165) is 36.1 Å². The van der Waals surface area contributed by atoms with Crippen LogP contribution in [-0.2, 0) is 33.7 Å². The number of phenols is 1. The number of ether oxygens (including phenoxy) is 1. The van der Waals surface area contributed by atoms with Crippen molar-refractivity contribution in [2.75, 3.05) is 12.6 Å². The molecule has 1 aliphatic heterocycles. The van der Waals surface area contributed by atoms with Crippen LogP contribution in [0, 0.1) is 19.8 Å². The summed E-state index contributed by atoms with van der Waals surface area (Å²) in [5, 5.41) is 18.0. The highest BCUT2D eigenvalue weighted by molar-refractivity contribution is 6.16. The number of hydrogen-bond acceptors (Lipinski definition) is 5. The molecule has 0 saturated heterocycles. The van der Waals surface area contributed by atoms with Crippen LogP contribution < -0.4 is 0 Å². The summed E-state index contributed by atoms with van der Waals surface area (Å²) in [6.07, 6.45) is 0.206. The number of fused-ring (bicyclic) bond motifs is 1. The third-order valence-electron chi connectivity index (χ3n) is 6.38. The van der Waals surface area contributed by atoms with Crippen LogP contribution in [0.2, 0.25) is 0 Å². The second-order valence-electron chi connectivity index (χ2n) is 9.40. The highest BCUT2D eigenvalue weighted by atomic mass is 35.5. The average molecular weight is 568 g/mol. The zero-order chi connectivity index (χ0) is 29.6. The fourth-order valence-electron chi connectivity index (χ4n) is 4.68. The van der Waals surface area contributed by atoms with Gasteiger partial charge < -0.3 is 19.8 Å². The number of phenolic OH excluding ortho intramolecular Hbond substituents is 1. The smallest absolute Gasteiger partial charge is 0.471 e. The van der Waals surface area contributed by atoms with Crippen molar-refractivity contribution in [3.8, 4) is 5.75 Å². The molecule has 0 aromatic heterocycles. The molecule has 1 aromatic carbocycles. The largest absolute Gasteiger partial charge is 0.507 e. The van der Waals surface area contributed by atoms with E-state index in [2.05, 4.69) is 32.4 Å². The van der Waals surface area contributed by atoms with Crippen LogP contribution in [0.1, 0.15) is 94.5 Å². The monoisotopic (exact) mass is 567 g/mol. The van der Waals surface area contributed by atoms with Gasteiger partial charge in [0.05, 0.1) is 6.42 Å². The van der Waals surface area contributed by atoms with Gasteiger partial charge in [0.2, 0.25) is 0 Å². The number of esters is 1. The Morgan fingerprint density at radius 2 is 1.66 bits per heavy atom. The summed E-state index contributed by atoms with van der Waals surface area (Å²) >= 11 is 4.55. The van der Waals surface area contributed by atoms with Crippen LogP contribution in [-0.4, -0.2) is 51.9 Å². The Kier molecular flexibility index (Phi) is 16.6. The van der Waals surface area contributed by atoms with E-state index in [1.54, 1.807) is 13.8 Å². The molecule has 0 radical (unpaired) electrons. The minimum atomic E-state index is -4.93. The summed E-state index contributed by atoms with van der Waals surface area (Å²) in [4.78, 5) is 24.9. The standard InChI is InChI=1S/C22H28F3NO4.C3H8.C2H6.CH3ClO/c1-12-5-4-6-15(9-12)30-19(27)10-17-13(2)16-7-8-26(21(29)22(23,24)25)11-18(16)14(3)20(17)28;1-3-2;1-2;2-1-3/h12,15,28H,4-11H2,1-3H3;3H2,1-2H3;1-2H3;3H,1H2. The van der Waals surface area contributed by atoms with Crippen molar-refractivity contribution < 1.29 is 37.7 Å². The van der Waals surface area contributed by atoms with Gasteiger partial charge in [0, 0.05) is 18.7 Å². The minimum Gasteiger partial charge on any atom is -0.507 e. The molecule has 2 N–H and O–H groups in total. The van der Waals surface area contributed by atoms with Crippen molar-refractivity contribution in [1.29, 1.82) is 0 Å². The minimum absolute atomic E-state index is 0.0553. The Labute approximate surface area is 230 Å². The van der Waals surface area contributed by atoms with E-state index in [-0.39, 0.29) is 43.9 Å². The van der Waals surface area contributed by atoms with E-state index in [1.807, 2.05) is 13.8 Å². The molecule has 220 valence electrons. The molecule has 1 heterocycles. The molecule has 0 bridgehead atoms. The van der Waals surface area contributed by atoms with Gasteiger partial charge >= 0.3 is 18.1 Å². The normalized spacial score (nSPS) is 18.4. The Hall–Kier alpha value is -2.00. The fourth-order valence-corrected chi connectivity index (χ4v) is 4.68. The quantitative estimate of drug-likeness (QED) is 0.312. The number of hydrogen-bond donors (Lipinski definition) is 2. The molecule has 1 fully saturated rings. The number of carbonyl (C=O) groups excluding carboxylic acids is 2. The molecule has 1 aliphatic carbocycles. The topological polar surface area (TPSA) is 87.1 Å². The summed E-state index contributed by atoms with van der Waals surface area (Å²) in [6.45, 7) is 13.5. The van der Waals surface area contributed by atoms with Gasteiger partial charge in [0.1, 0.15) is 17.9 Å². The number of halogens is 4. The fraction of sp³-hybridized carbons (Fsp3) is 0.714. The van der Waals surface area contributed by atoms with Gasteiger partial charge in [-0.3, -0.25) is 9.59 Å². The van der Waals surface area contributed by atoms with Crippen molar-refractivity contribution in [2.45, 2.75) is 112 Å². The van der Waals surface area contributed by atoms with Gasteiger partial charge in [-0.15, -0.1) is 0 Å². The molecule has 10 heteroatoms. The van der Waals surface area contributed by atoms with Crippen molar-refractivity contribution in [2.24, 2.45) is 5.92 Å². The van der Waals surface area contributed by atoms with E-state index in [4.69, 9.17) is 9.84 Å². The number of aliphatic hydroxyl groups is 1. The van der Waals surface area contributed by atoms with E-state index < -0.39 is 18.1 Å². The van der Waals surface area contributed by atoms with Gasteiger partial charge in [-0.25, -0.2) is 0 Å². The third-order valence-corrected chi connectivity index (χ3v) is 6.38. The third kappa shape index (κ3) is 10.6. The van der Waals surface area contributed by atoms with E-state index in [1.165, 1.54) is 6.42 Å². The first-order valence-electron chi connectivity index (χ1n) is 13.4. The van der Waals surface area contributed by atoms with Crippen LogP contribution in [0.25, 0.3) is 0 Å². The van der Waals surface area contributed by atoms with Gasteiger partial charge in [0.15, 0.2) is 0 Å². The van der Waals surface area contributed by atoms with Crippen LogP contribution in [0.3, 0.4) is 0 Å². The first-order chi connectivity index (χ1) is 17.8. The molecule has 2 aliphatic rings. The summed E-state index contributed by atoms with van der Waals surface area (Å²) in [6, 6.07) is -0.278. The zero-order valence-electron chi connectivity index (χ0n) is 23.8. The van der Waals surface area contributed by atoms with Crippen LogP contribution in [0.4, 0.5) is 13.2 Å². The summed E-state index contributed by atoms with van der Waals surface area (Å²) < 4.78 is 44.0. The first-order valence-corrected chi connectivity index (χ1v) is 13.9. The number of alkyl halides is 4. The molecule has 1 saturated carbocycles. The maximum Gasteiger partial charge on any atom is 0.471 e. The highest BCUT2D eigenvalue weighted by Gasteiger charge is 2.43. The van der Waals surface area contributed by atoms with Crippen molar-refractivity contribution in [1.82, 2.24) is 4.90 Å². The van der Waals surface area contributed by atoms with Crippen LogP contribution in [0.15, 0.2) is 0 Å². The number of nitrogens with zero attached hydrogens (tertiary/aromatic N) is 1. The number of carbonyl (C=O) groups is 2. The predicted octanol–water partition coefficient (Wildman–Crippen LogP) is 6.74. The van der Waals surface area contributed by atoms with Gasteiger partial charge in [-0.05, 0) is 67.7 Å². The number of amides is 1. The number of aromatic hydroxyl groups is 1. The van der Waals surface area contributed by atoms with Crippen LogP contribution >= 0.6 is 11.6 Å². The number of aliphatic hydroxyl groups excluding tert-OH is 1. The Morgan fingerprint density at radius 3 is 2.16 bits per heavy atom. The van der Waals surface area contributed by atoms with Gasteiger partial charge in [0.25, 0.3) is 0 Å². The lowest BCUT2D eigenvalue weighted by atomic mass is 9.86. The van der Waals surface area contributed by atoms with E-state index in [9.17, 15) is 27.9 Å². The van der Waals surface area contributed by atoms with Crippen molar-refractivity contribution in [3.05, 3.63) is 27.8 Å². The Balaban J connectivity index is 0.00000153. The first kappa shape index (κ1) is 36.0. The molecule has 2 atom stereocenters. The number of benzene rings is 1. The summed E-state index contributed by atoms with van der Waals surface area (Å²) in [5.41, 5.74) is 2.86. The average Bonchev–Trinajstić information content (AvgIpc) is 2.86. The molecule has 1 aromatic rings. The Morgan fingerprint density at radius 1 is 1.11 bits per heavy atom. The summed E-state index contributed by atoms with van der Waals surface area (Å²) in [7, 11) is 0. The second kappa shape index (κ2) is 17.6. The van der Waals surface area contributed by atoms with Gasteiger partial charge in [-0.2, -0.15) is 13.2 Å². The molecular weight excluding hydrogens is 523 g/mol. The second-order valence-corrected chi connectivity index (χ2v) is 9.63. The van der Waals surface area contributed by atoms with E-state index >= 15 is 0 Å². The highest BCUT2D eigenvalue weighted by Crippen LogP contribution is 2.37. The maximum atomic E-state index is 12.8. The Bertz CT molecular complexity index is 890. The summed E-state index contributed by atoms with van der Waals surface area (Å²) in [5.74, 6) is -1.88. The lowest BCUT2D eigenvalue weighted by Crippen LogP contribution is -2.44. The molecule has 2 unspecified atom stereocenters. The zero-order valence-corrected chi connectivity index (χ0v) is 24.6. The van der Waals surface area contributed by atoms with Crippen molar-refractivity contribution >= 4 is 23.5 Å². The molecule has 6 nitrogen and oxygen atoms in total. The molecule has 1 amide bonds. The SMILES string of the molecule is CC.CCC.Cc1c(O)c(CC(=O)OC2CCCC(C)C2)c(C)c2c1CN(C(=O)C(F)(F)F)CC2.OCCl. The lowest BCUT2D eigenvalue weighted by Gasteiger charge is -2.33. The maximum absolute atomic E-state index is 12.8. The number of rotatable bonds is 3. The van der Waals surface area contributed by atoms with Crippen molar-refractivity contribution in [3.63, 3.8) is 0 Å². The van der Waals surface area contributed by atoms with E-state index in [0.29, 0.717) is 28.2 Å². The van der Waals surface area contributed by atoms with Gasteiger partial charge in [-0.1, -0.05) is 59.1 Å².